The molecule has 2 aromatic heterocycles. The molecule has 1 atom stereocenters. The molecular formula is C18H17FN6O. The van der Waals surface area contributed by atoms with Crippen molar-refractivity contribution in [1.82, 2.24) is 25.7 Å². The zero-order valence-electron chi connectivity index (χ0n) is 13.9. The van der Waals surface area contributed by atoms with E-state index in [9.17, 15) is 9.18 Å². The molecule has 3 aromatic rings. The predicted octanol–water partition coefficient (Wildman–Crippen LogP) is 2.01. The van der Waals surface area contributed by atoms with Crippen LogP contribution in [0.4, 0.5) is 10.2 Å². The molecule has 1 aliphatic heterocycles. The lowest BCUT2D eigenvalue weighted by Gasteiger charge is -2.17. The smallest absolute Gasteiger partial charge is 0.269 e. The van der Waals surface area contributed by atoms with Crippen molar-refractivity contribution in [2.45, 2.75) is 12.5 Å². The fraction of sp³-hybridized carbons (Fsp3) is 0.222. The fourth-order valence-corrected chi connectivity index (χ4v) is 3.04. The lowest BCUT2D eigenvalue weighted by Crippen LogP contribution is -2.37. The third-order valence-corrected chi connectivity index (χ3v) is 4.39. The lowest BCUT2D eigenvalue weighted by atomic mass is 10.1. The highest BCUT2D eigenvalue weighted by atomic mass is 19.1. The maximum Gasteiger partial charge on any atom is 0.269 e. The fourth-order valence-electron chi connectivity index (χ4n) is 3.04. The Morgan fingerprint density at radius 3 is 2.81 bits per heavy atom. The predicted molar refractivity (Wildman–Crippen MR) is 94.1 cm³/mol. The third-order valence-electron chi connectivity index (χ3n) is 4.39. The molecule has 1 saturated heterocycles. The number of aromatic nitrogens is 4. The van der Waals surface area contributed by atoms with E-state index in [-0.39, 0.29) is 17.8 Å². The van der Waals surface area contributed by atoms with Crippen LogP contribution in [0.1, 0.15) is 16.9 Å². The first-order valence-electron chi connectivity index (χ1n) is 8.34. The van der Waals surface area contributed by atoms with Crippen LogP contribution in [0.3, 0.4) is 0 Å². The van der Waals surface area contributed by atoms with Gasteiger partial charge in [0, 0.05) is 30.9 Å². The average Bonchev–Trinajstić information content (AvgIpc) is 3.34. The van der Waals surface area contributed by atoms with Crippen LogP contribution in [0.15, 0.2) is 48.7 Å². The SMILES string of the molecule is O=C(N[C@H]1CCN(c2ccc(-c3ccccc3F)nn2)C1)c1ccn[nH]1. The van der Waals surface area contributed by atoms with E-state index in [0.717, 1.165) is 13.0 Å². The molecular weight excluding hydrogens is 335 g/mol. The van der Waals surface area contributed by atoms with Crippen LogP contribution in [-0.4, -0.2) is 45.4 Å². The second kappa shape index (κ2) is 6.91. The van der Waals surface area contributed by atoms with Gasteiger partial charge < -0.3 is 10.2 Å². The lowest BCUT2D eigenvalue weighted by molar-refractivity contribution is 0.0935. The standard InChI is InChI=1S/C18H17FN6O/c19-14-4-2-1-3-13(14)15-5-6-17(24-23-15)25-10-8-12(11-25)21-18(26)16-7-9-20-22-16/h1-7,9,12H,8,10-11H2,(H,20,22)(H,21,26)/t12-/m0/s1. The minimum absolute atomic E-state index is 0.0267. The molecule has 2 N–H and O–H groups in total. The number of hydrogen-bond acceptors (Lipinski definition) is 5. The van der Waals surface area contributed by atoms with Crippen LogP contribution in [0, 0.1) is 5.82 Å². The van der Waals surface area contributed by atoms with E-state index in [0.29, 0.717) is 29.3 Å². The summed E-state index contributed by atoms with van der Waals surface area (Å²) in [6.07, 6.45) is 2.36. The number of anilines is 1. The Bertz CT molecular complexity index is 896. The van der Waals surface area contributed by atoms with Gasteiger partial charge in [0.1, 0.15) is 11.5 Å². The summed E-state index contributed by atoms with van der Waals surface area (Å²) in [6, 6.07) is 11.7. The van der Waals surface area contributed by atoms with Gasteiger partial charge in [-0.05, 0) is 36.8 Å². The first kappa shape index (κ1) is 16.2. The zero-order chi connectivity index (χ0) is 17.9. The summed E-state index contributed by atoms with van der Waals surface area (Å²) in [7, 11) is 0. The molecule has 1 aliphatic rings. The number of nitrogens with zero attached hydrogens (tertiary/aromatic N) is 4. The van der Waals surface area contributed by atoms with Gasteiger partial charge in [0.05, 0.1) is 5.69 Å². The molecule has 0 saturated carbocycles. The number of carbonyl (C=O) groups is 1. The Morgan fingerprint density at radius 2 is 2.08 bits per heavy atom. The number of H-pyrrole nitrogens is 1. The molecule has 3 heterocycles. The van der Waals surface area contributed by atoms with Crippen LogP contribution in [0.2, 0.25) is 0 Å². The normalized spacial score (nSPS) is 16.7. The molecule has 0 aliphatic carbocycles. The molecule has 0 radical (unpaired) electrons. The Kier molecular flexibility index (Phi) is 4.30. The maximum absolute atomic E-state index is 13.8. The number of aromatic amines is 1. The van der Waals surface area contributed by atoms with Crippen molar-refractivity contribution in [3.05, 3.63) is 60.2 Å². The van der Waals surface area contributed by atoms with Gasteiger partial charge in [-0.3, -0.25) is 9.89 Å². The van der Waals surface area contributed by atoms with Crippen molar-refractivity contribution in [2.75, 3.05) is 18.0 Å². The van der Waals surface area contributed by atoms with Crippen molar-refractivity contribution in [3.8, 4) is 11.3 Å². The van der Waals surface area contributed by atoms with Crippen molar-refractivity contribution < 1.29 is 9.18 Å². The van der Waals surface area contributed by atoms with Crippen LogP contribution >= 0.6 is 0 Å². The largest absolute Gasteiger partial charge is 0.353 e. The number of amides is 1. The van der Waals surface area contributed by atoms with Gasteiger partial charge in [-0.15, -0.1) is 10.2 Å². The van der Waals surface area contributed by atoms with Crippen LogP contribution in [0.5, 0.6) is 0 Å². The molecule has 1 aromatic carbocycles. The monoisotopic (exact) mass is 352 g/mol. The second-order valence-electron chi connectivity index (χ2n) is 6.13. The molecule has 8 heteroatoms. The molecule has 4 rings (SSSR count). The number of rotatable bonds is 4. The van der Waals surface area contributed by atoms with Crippen molar-refractivity contribution >= 4 is 11.7 Å². The van der Waals surface area contributed by atoms with E-state index in [1.807, 2.05) is 6.07 Å². The summed E-state index contributed by atoms with van der Waals surface area (Å²) in [5.74, 6) is 0.219. The molecule has 7 nitrogen and oxygen atoms in total. The summed E-state index contributed by atoms with van der Waals surface area (Å²) >= 11 is 0. The summed E-state index contributed by atoms with van der Waals surface area (Å²) in [6.45, 7) is 1.41. The first-order valence-corrected chi connectivity index (χ1v) is 8.34. The van der Waals surface area contributed by atoms with E-state index in [1.54, 1.807) is 36.5 Å². The van der Waals surface area contributed by atoms with E-state index in [2.05, 4.69) is 30.6 Å². The van der Waals surface area contributed by atoms with Crippen molar-refractivity contribution in [2.24, 2.45) is 0 Å². The quantitative estimate of drug-likeness (QED) is 0.750. The van der Waals surface area contributed by atoms with Crippen LogP contribution in [-0.2, 0) is 0 Å². The van der Waals surface area contributed by atoms with E-state index >= 15 is 0 Å². The average molecular weight is 352 g/mol. The number of halogens is 1. The highest BCUT2D eigenvalue weighted by Gasteiger charge is 2.25. The van der Waals surface area contributed by atoms with Crippen molar-refractivity contribution in [1.29, 1.82) is 0 Å². The Balaban J connectivity index is 1.41. The summed E-state index contributed by atoms with van der Waals surface area (Å²) in [4.78, 5) is 14.1. The third kappa shape index (κ3) is 3.26. The summed E-state index contributed by atoms with van der Waals surface area (Å²) in [5, 5.41) is 17.8. The minimum atomic E-state index is -0.322. The molecule has 0 bridgehead atoms. The van der Waals surface area contributed by atoms with Crippen LogP contribution < -0.4 is 10.2 Å². The van der Waals surface area contributed by atoms with Crippen molar-refractivity contribution in [3.63, 3.8) is 0 Å². The highest BCUT2D eigenvalue weighted by molar-refractivity contribution is 5.92. The van der Waals surface area contributed by atoms with Gasteiger partial charge in [0.25, 0.3) is 5.91 Å². The highest BCUT2D eigenvalue weighted by Crippen LogP contribution is 2.23. The molecule has 1 fully saturated rings. The van der Waals surface area contributed by atoms with Gasteiger partial charge in [0.15, 0.2) is 5.82 Å². The second-order valence-corrected chi connectivity index (χ2v) is 6.13. The van der Waals surface area contributed by atoms with Gasteiger partial charge in [-0.2, -0.15) is 5.10 Å². The number of nitrogens with one attached hydrogen (secondary N) is 2. The van der Waals surface area contributed by atoms with E-state index in [1.165, 1.54) is 6.07 Å². The van der Waals surface area contributed by atoms with Gasteiger partial charge >= 0.3 is 0 Å². The summed E-state index contributed by atoms with van der Waals surface area (Å²) in [5.41, 5.74) is 1.37. The molecule has 0 spiro atoms. The first-order chi connectivity index (χ1) is 12.7. The summed E-state index contributed by atoms with van der Waals surface area (Å²) < 4.78 is 13.8. The number of benzene rings is 1. The molecule has 132 valence electrons. The maximum atomic E-state index is 13.8. The molecule has 0 unspecified atom stereocenters. The Morgan fingerprint density at radius 1 is 1.19 bits per heavy atom. The molecule has 26 heavy (non-hydrogen) atoms. The Hall–Kier alpha value is -3.29. The topological polar surface area (TPSA) is 86.8 Å². The Labute approximate surface area is 149 Å². The van der Waals surface area contributed by atoms with Gasteiger partial charge in [0.2, 0.25) is 0 Å². The number of hydrogen-bond donors (Lipinski definition) is 2. The molecule has 1 amide bonds. The van der Waals surface area contributed by atoms with E-state index in [4.69, 9.17) is 0 Å². The van der Waals surface area contributed by atoms with Gasteiger partial charge in [-0.25, -0.2) is 4.39 Å². The number of carbonyl (C=O) groups excluding carboxylic acids is 1. The minimum Gasteiger partial charge on any atom is -0.353 e. The zero-order valence-corrected chi connectivity index (χ0v) is 13.9. The van der Waals surface area contributed by atoms with E-state index < -0.39 is 0 Å². The van der Waals surface area contributed by atoms with Gasteiger partial charge in [-0.1, -0.05) is 12.1 Å². The van der Waals surface area contributed by atoms with Crippen LogP contribution in [0.25, 0.3) is 11.3 Å².